The second-order valence-corrected chi connectivity index (χ2v) is 14.9. The van der Waals surface area contributed by atoms with Crippen LogP contribution in [-0.2, 0) is 51.2 Å². The van der Waals surface area contributed by atoms with Crippen LogP contribution in [0.3, 0.4) is 0 Å². The van der Waals surface area contributed by atoms with Gasteiger partial charge in [0.15, 0.2) is 0 Å². The number of aromatic nitrogens is 4. The number of aryl methyl sites for hydroxylation is 2. The van der Waals surface area contributed by atoms with Crippen molar-refractivity contribution >= 4 is 72.4 Å². The molecule has 1 N–H and O–H groups in total. The van der Waals surface area contributed by atoms with Crippen LogP contribution in [-0.4, -0.2) is 79.0 Å². The van der Waals surface area contributed by atoms with E-state index in [2.05, 4.69) is 30.2 Å². The van der Waals surface area contributed by atoms with Crippen molar-refractivity contribution in [3.8, 4) is 0 Å². The summed E-state index contributed by atoms with van der Waals surface area (Å²) in [6.45, 7) is 1.69. The summed E-state index contributed by atoms with van der Waals surface area (Å²) in [6.07, 6.45) is 10.0. The van der Waals surface area contributed by atoms with Crippen molar-refractivity contribution in [3.05, 3.63) is 67.8 Å². The lowest BCUT2D eigenvalue weighted by atomic mass is 9.84. The molecule has 1 aliphatic heterocycles. The highest BCUT2D eigenvalue weighted by atomic mass is 35.5. The lowest BCUT2D eigenvalue weighted by molar-refractivity contribution is -0.0715. The topological polar surface area (TPSA) is 113 Å². The van der Waals surface area contributed by atoms with Gasteiger partial charge in [0.1, 0.15) is 39.1 Å². The average molecular weight is 711 g/mol. The minimum Gasteiger partial charge on any atom is -0.382 e. The molecule has 4 aromatic heterocycles. The van der Waals surface area contributed by atoms with E-state index in [9.17, 15) is 4.39 Å². The third-order valence-electron chi connectivity index (χ3n) is 9.58. The monoisotopic (exact) mass is 710 g/mol. The van der Waals surface area contributed by atoms with Crippen molar-refractivity contribution in [2.45, 2.75) is 56.3 Å². The Labute approximate surface area is 290 Å². The maximum absolute atomic E-state index is 14.6. The first-order valence-electron chi connectivity index (χ1n) is 15.6. The first-order valence-corrected chi connectivity index (χ1v) is 17.7. The van der Waals surface area contributed by atoms with Crippen molar-refractivity contribution in [2.24, 2.45) is 4.99 Å². The summed E-state index contributed by atoms with van der Waals surface area (Å²) < 4.78 is 36.9. The van der Waals surface area contributed by atoms with E-state index in [4.69, 9.17) is 30.5 Å². The SMILES string of the molecule is COCC1(OC)CCc2c(sc3ncnc(Cl)c23)C1.COCC1(OC)CCc2c(sc3ncnc(Nc4cc5c(cc4F)CN=C5)c23)C1. The Morgan fingerprint density at radius 1 is 0.833 bits per heavy atom. The van der Waals surface area contributed by atoms with E-state index in [1.54, 1.807) is 69.5 Å². The second kappa shape index (κ2) is 13.6. The van der Waals surface area contributed by atoms with Gasteiger partial charge in [0.25, 0.3) is 0 Å². The molecule has 0 fully saturated rings. The summed E-state index contributed by atoms with van der Waals surface area (Å²) in [4.78, 5) is 25.9. The number of nitrogens with zero attached hydrogens (tertiary/aromatic N) is 5. The molecule has 5 aromatic rings. The Hall–Kier alpha value is -3.17. The van der Waals surface area contributed by atoms with E-state index in [1.165, 1.54) is 33.5 Å². The van der Waals surface area contributed by atoms with Gasteiger partial charge in [-0.05, 0) is 60.1 Å². The first-order chi connectivity index (χ1) is 23.3. The molecule has 0 spiro atoms. The summed E-state index contributed by atoms with van der Waals surface area (Å²) in [6, 6.07) is 3.34. The van der Waals surface area contributed by atoms with Crippen molar-refractivity contribution < 1.29 is 23.3 Å². The standard InChI is InChI=1S/C21H21FN4O2S.C13H15ClN2O2S/c1-27-10-21(28-2)4-3-14-17(7-21)29-20-18(14)19(24-11-25-20)26-16-6-13-9-23-8-12(13)5-15(16)22;1-17-6-13(18-2)4-3-8-9(5-13)19-12-10(8)11(14)15-7-16-12/h5-6,9,11H,3-4,7-8,10H2,1-2H3,(H,24,25,26);7H,3-6H2,1-2H3. The number of rotatable bonds is 8. The molecule has 10 nitrogen and oxygen atoms in total. The summed E-state index contributed by atoms with van der Waals surface area (Å²) >= 11 is 9.54. The highest BCUT2D eigenvalue weighted by Crippen LogP contribution is 2.44. The fraction of sp³-hybridized carbons (Fsp3) is 0.441. The normalized spacial score (nSPS) is 21.1. The van der Waals surface area contributed by atoms with E-state index in [1.807, 2.05) is 0 Å². The Morgan fingerprint density at radius 2 is 1.44 bits per heavy atom. The zero-order valence-corrected chi connectivity index (χ0v) is 29.6. The molecule has 48 heavy (non-hydrogen) atoms. The molecule has 2 unspecified atom stereocenters. The largest absolute Gasteiger partial charge is 0.382 e. The molecule has 0 saturated carbocycles. The molecule has 252 valence electrons. The zero-order chi connectivity index (χ0) is 33.5. The molecular weight excluding hydrogens is 675 g/mol. The smallest absolute Gasteiger partial charge is 0.147 e. The van der Waals surface area contributed by atoms with Crippen molar-refractivity contribution in [3.63, 3.8) is 0 Å². The fourth-order valence-electron chi connectivity index (χ4n) is 7.00. The van der Waals surface area contributed by atoms with Gasteiger partial charge in [0, 0.05) is 57.2 Å². The van der Waals surface area contributed by atoms with Gasteiger partial charge in [-0.2, -0.15) is 0 Å². The van der Waals surface area contributed by atoms with E-state index in [-0.39, 0.29) is 17.0 Å². The van der Waals surface area contributed by atoms with E-state index in [0.717, 1.165) is 70.1 Å². The second-order valence-electron chi connectivity index (χ2n) is 12.4. The predicted molar refractivity (Wildman–Crippen MR) is 188 cm³/mol. The van der Waals surface area contributed by atoms with E-state index in [0.29, 0.717) is 36.4 Å². The number of aliphatic imine (C=N–C) groups is 1. The minimum atomic E-state index is -0.310. The third-order valence-corrected chi connectivity index (χ3v) is 12.1. The number of methoxy groups -OCH3 is 4. The van der Waals surface area contributed by atoms with Crippen LogP contribution in [0.15, 0.2) is 29.8 Å². The van der Waals surface area contributed by atoms with Crippen LogP contribution >= 0.6 is 34.3 Å². The third kappa shape index (κ3) is 6.10. The number of benzene rings is 1. The number of anilines is 2. The van der Waals surface area contributed by atoms with Crippen molar-refractivity contribution in [1.82, 2.24) is 19.9 Å². The van der Waals surface area contributed by atoms with Crippen LogP contribution < -0.4 is 5.32 Å². The molecule has 2 aliphatic carbocycles. The van der Waals surface area contributed by atoms with Crippen molar-refractivity contribution in [1.29, 1.82) is 0 Å². The maximum atomic E-state index is 14.6. The molecule has 0 radical (unpaired) electrons. The van der Waals surface area contributed by atoms with Crippen LogP contribution in [0.25, 0.3) is 20.4 Å². The molecule has 0 saturated heterocycles. The molecule has 14 heteroatoms. The molecular formula is C34H36ClFN6O4S2. The highest BCUT2D eigenvalue weighted by molar-refractivity contribution is 7.19. The number of hydrogen-bond donors (Lipinski definition) is 1. The molecule has 8 rings (SSSR count). The van der Waals surface area contributed by atoms with Gasteiger partial charge in [0.05, 0.1) is 47.4 Å². The number of hydrogen-bond acceptors (Lipinski definition) is 12. The molecule has 1 aromatic carbocycles. The van der Waals surface area contributed by atoms with Gasteiger partial charge >= 0.3 is 0 Å². The highest BCUT2D eigenvalue weighted by Gasteiger charge is 2.38. The van der Waals surface area contributed by atoms with Crippen molar-refractivity contribution in [2.75, 3.05) is 47.0 Å². The lowest BCUT2D eigenvalue weighted by Crippen LogP contribution is -2.41. The number of halogens is 2. The minimum absolute atomic E-state index is 0.220. The predicted octanol–water partition coefficient (Wildman–Crippen LogP) is 6.89. The first kappa shape index (κ1) is 33.3. The quantitative estimate of drug-likeness (QED) is 0.172. The number of ether oxygens (including phenoxy) is 4. The zero-order valence-electron chi connectivity index (χ0n) is 27.2. The molecule has 0 amide bonds. The van der Waals surface area contributed by atoms with Crippen LogP contribution in [0.4, 0.5) is 15.9 Å². The van der Waals surface area contributed by atoms with Gasteiger partial charge in [-0.25, -0.2) is 24.3 Å². The van der Waals surface area contributed by atoms with Crippen LogP contribution in [0.5, 0.6) is 0 Å². The number of fused-ring (bicyclic) bond motifs is 7. The van der Waals surface area contributed by atoms with Gasteiger partial charge < -0.3 is 24.3 Å². The average Bonchev–Trinajstić information content (AvgIpc) is 3.80. The number of thiophene rings is 2. The lowest BCUT2D eigenvalue weighted by Gasteiger charge is -2.35. The summed E-state index contributed by atoms with van der Waals surface area (Å²) in [5.74, 6) is 0.335. The molecule has 2 atom stereocenters. The fourth-order valence-corrected chi connectivity index (χ4v) is 9.94. The summed E-state index contributed by atoms with van der Waals surface area (Å²) in [7, 11) is 6.91. The van der Waals surface area contributed by atoms with Gasteiger partial charge in [-0.1, -0.05) is 11.6 Å². The molecule has 5 heterocycles. The summed E-state index contributed by atoms with van der Waals surface area (Å²) in [5.41, 5.74) is 4.23. The Kier molecular flexibility index (Phi) is 9.46. The Bertz CT molecular complexity index is 2020. The van der Waals surface area contributed by atoms with Crippen LogP contribution in [0.1, 0.15) is 44.8 Å². The molecule has 0 bridgehead atoms. The maximum Gasteiger partial charge on any atom is 0.147 e. The molecule has 3 aliphatic rings. The van der Waals surface area contributed by atoms with Crippen LogP contribution in [0.2, 0.25) is 5.15 Å². The van der Waals surface area contributed by atoms with Gasteiger partial charge in [0.2, 0.25) is 0 Å². The van der Waals surface area contributed by atoms with Crippen LogP contribution in [0, 0.1) is 5.82 Å². The van der Waals surface area contributed by atoms with E-state index < -0.39 is 0 Å². The Morgan fingerprint density at radius 3 is 2.06 bits per heavy atom. The Balaban J connectivity index is 0.000000166. The van der Waals surface area contributed by atoms with Gasteiger partial charge in [-0.3, -0.25) is 4.99 Å². The number of nitrogens with one attached hydrogen (secondary N) is 1. The van der Waals surface area contributed by atoms with E-state index >= 15 is 0 Å². The van der Waals surface area contributed by atoms with Gasteiger partial charge in [-0.15, -0.1) is 22.7 Å². The summed E-state index contributed by atoms with van der Waals surface area (Å²) in [5, 5.41) is 5.75.